The van der Waals surface area contributed by atoms with Crippen LogP contribution in [0.1, 0.15) is 29.6 Å². The maximum absolute atomic E-state index is 12.1. The Balaban J connectivity index is 1.92. The molecule has 0 heterocycles. The van der Waals surface area contributed by atoms with Gasteiger partial charge in [-0.25, -0.2) is 4.79 Å². The van der Waals surface area contributed by atoms with Gasteiger partial charge in [0.1, 0.15) is 5.54 Å². The Morgan fingerprint density at radius 1 is 1.19 bits per heavy atom. The van der Waals surface area contributed by atoms with Crippen molar-refractivity contribution in [3.8, 4) is 0 Å². The molecule has 2 amide bonds. The molecule has 1 aromatic rings. The van der Waals surface area contributed by atoms with Gasteiger partial charge in [0.25, 0.3) is 0 Å². The topological polar surface area (TPSA) is 95.5 Å². The summed E-state index contributed by atoms with van der Waals surface area (Å²) in [5, 5.41) is 13.6. The van der Waals surface area contributed by atoms with E-state index in [-0.39, 0.29) is 12.3 Å². The number of benzene rings is 1. The lowest BCUT2D eigenvalue weighted by atomic mass is 9.76. The summed E-state index contributed by atoms with van der Waals surface area (Å²) in [5.41, 5.74) is -0.585. The Morgan fingerprint density at radius 3 is 2.29 bits per heavy atom. The second-order valence-corrected chi connectivity index (χ2v) is 5.89. The Bertz CT molecular complexity index is 567. The Labute approximate surface area is 130 Å². The molecule has 3 N–H and O–H groups in total. The van der Waals surface area contributed by atoms with Crippen molar-refractivity contribution in [1.82, 2.24) is 10.6 Å². The minimum atomic E-state index is -1.23. The molecule has 0 saturated heterocycles. The highest BCUT2D eigenvalue weighted by Gasteiger charge is 2.45. The van der Waals surface area contributed by atoms with Gasteiger partial charge in [-0.15, -0.1) is 0 Å². The van der Waals surface area contributed by atoms with Gasteiger partial charge in [0, 0.05) is 10.0 Å². The summed E-state index contributed by atoms with van der Waals surface area (Å²) in [7, 11) is 0. The number of halogens is 1. The van der Waals surface area contributed by atoms with Gasteiger partial charge in [-0.3, -0.25) is 9.59 Å². The van der Waals surface area contributed by atoms with Crippen LogP contribution in [-0.4, -0.2) is 35.0 Å². The zero-order chi connectivity index (χ0) is 15.5. The first-order valence-corrected chi connectivity index (χ1v) is 7.30. The predicted molar refractivity (Wildman–Crippen MR) is 79.2 cm³/mol. The normalized spacial score (nSPS) is 15.7. The molecule has 0 aliphatic heterocycles. The van der Waals surface area contributed by atoms with Gasteiger partial charge in [-0.05, 0) is 31.4 Å². The number of carbonyl (C=O) groups is 3. The maximum Gasteiger partial charge on any atom is 0.405 e. The van der Waals surface area contributed by atoms with Crippen LogP contribution in [0.4, 0.5) is 4.79 Å². The summed E-state index contributed by atoms with van der Waals surface area (Å²) in [6.45, 7) is -0.149. The fourth-order valence-corrected chi connectivity index (χ4v) is 2.48. The van der Waals surface area contributed by atoms with E-state index in [2.05, 4.69) is 26.6 Å². The molecule has 0 spiro atoms. The summed E-state index contributed by atoms with van der Waals surface area (Å²) >= 11 is 3.28. The fourth-order valence-electron chi connectivity index (χ4n) is 2.21. The minimum Gasteiger partial charge on any atom is -0.465 e. The zero-order valence-electron chi connectivity index (χ0n) is 11.2. The summed E-state index contributed by atoms with van der Waals surface area (Å²) in [5.74, 6) is -0.665. The first-order valence-electron chi connectivity index (χ1n) is 6.51. The highest BCUT2D eigenvalue weighted by Crippen LogP contribution is 2.31. The fraction of sp³-hybridized carbons (Fsp3) is 0.357. The molecule has 1 saturated carbocycles. The van der Waals surface area contributed by atoms with Crippen LogP contribution in [0.2, 0.25) is 0 Å². The van der Waals surface area contributed by atoms with Crippen molar-refractivity contribution < 1.29 is 19.5 Å². The van der Waals surface area contributed by atoms with Crippen LogP contribution in [-0.2, 0) is 4.79 Å². The highest BCUT2D eigenvalue weighted by atomic mass is 79.9. The molecule has 0 bridgehead atoms. The van der Waals surface area contributed by atoms with Gasteiger partial charge in [0.05, 0.1) is 6.54 Å². The molecule has 1 aliphatic rings. The molecule has 1 aromatic carbocycles. The molecule has 0 unspecified atom stereocenters. The van der Waals surface area contributed by atoms with Gasteiger partial charge in [-0.1, -0.05) is 28.1 Å². The van der Waals surface area contributed by atoms with Crippen LogP contribution in [0.15, 0.2) is 28.7 Å². The molecule has 7 heteroatoms. The first-order chi connectivity index (χ1) is 9.93. The van der Waals surface area contributed by atoms with Gasteiger partial charge >= 0.3 is 6.09 Å². The maximum atomic E-state index is 12.1. The van der Waals surface area contributed by atoms with E-state index in [0.29, 0.717) is 18.4 Å². The van der Waals surface area contributed by atoms with Crippen LogP contribution in [0.3, 0.4) is 0 Å². The van der Waals surface area contributed by atoms with Crippen molar-refractivity contribution in [3.05, 3.63) is 34.3 Å². The van der Waals surface area contributed by atoms with Crippen LogP contribution in [0.25, 0.3) is 0 Å². The van der Waals surface area contributed by atoms with Crippen molar-refractivity contribution in [2.45, 2.75) is 24.8 Å². The summed E-state index contributed by atoms with van der Waals surface area (Å²) in [4.78, 5) is 34.8. The number of nitrogens with one attached hydrogen (secondary N) is 2. The van der Waals surface area contributed by atoms with Crippen LogP contribution in [0.5, 0.6) is 0 Å². The smallest absolute Gasteiger partial charge is 0.405 e. The largest absolute Gasteiger partial charge is 0.465 e. The molecule has 0 atom stereocenters. The predicted octanol–water partition coefficient (Wildman–Crippen LogP) is 1.94. The number of Topliss-reactive ketones (excluding diaryl/α,β-unsaturated/α-hetero) is 1. The van der Waals surface area contributed by atoms with E-state index in [1.165, 1.54) is 0 Å². The molecule has 112 valence electrons. The summed E-state index contributed by atoms with van der Waals surface area (Å²) in [6.07, 6.45) is 0.466. The third-order valence-electron chi connectivity index (χ3n) is 3.56. The number of carboxylic acid groups (broad SMARTS) is 1. The van der Waals surface area contributed by atoms with Gasteiger partial charge in [-0.2, -0.15) is 0 Å². The Hall–Kier alpha value is -1.89. The van der Waals surface area contributed by atoms with E-state index < -0.39 is 17.5 Å². The van der Waals surface area contributed by atoms with Gasteiger partial charge in [0.2, 0.25) is 5.91 Å². The molecule has 6 nitrogen and oxygen atoms in total. The molecule has 1 aliphatic carbocycles. The van der Waals surface area contributed by atoms with E-state index in [1.807, 2.05) is 0 Å². The number of carbonyl (C=O) groups excluding carboxylic acids is 2. The van der Waals surface area contributed by atoms with Crippen molar-refractivity contribution in [1.29, 1.82) is 0 Å². The number of hydrogen-bond donors (Lipinski definition) is 3. The van der Waals surface area contributed by atoms with Gasteiger partial charge in [0.15, 0.2) is 5.78 Å². The van der Waals surface area contributed by atoms with E-state index >= 15 is 0 Å². The van der Waals surface area contributed by atoms with E-state index in [1.54, 1.807) is 24.3 Å². The lowest BCUT2D eigenvalue weighted by Gasteiger charge is -2.39. The van der Waals surface area contributed by atoms with E-state index in [9.17, 15) is 14.4 Å². The molecule has 1 fully saturated rings. The minimum absolute atomic E-state index is 0.149. The standard InChI is InChI=1S/C14H15BrN2O4/c15-10-4-2-9(3-5-10)11(18)8-16-12(19)14(6-1-7-14)17-13(20)21/h2-5,17H,1,6-8H2,(H,16,19)(H,20,21). The second-order valence-electron chi connectivity index (χ2n) is 4.98. The van der Waals surface area contributed by atoms with E-state index in [4.69, 9.17) is 5.11 Å². The average molecular weight is 355 g/mol. The van der Waals surface area contributed by atoms with Crippen LogP contribution in [0, 0.1) is 0 Å². The van der Waals surface area contributed by atoms with Gasteiger partial charge < -0.3 is 15.7 Å². The summed E-state index contributed by atoms with van der Waals surface area (Å²) in [6, 6.07) is 6.81. The van der Waals surface area contributed by atoms with Crippen molar-refractivity contribution in [3.63, 3.8) is 0 Å². The third-order valence-corrected chi connectivity index (χ3v) is 4.09. The Kier molecular flexibility index (Phi) is 4.62. The molecule has 0 aromatic heterocycles. The monoisotopic (exact) mass is 354 g/mol. The van der Waals surface area contributed by atoms with Crippen molar-refractivity contribution >= 4 is 33.7 Å². The molecular weight excluding hydrogens is 340 g/mol. The number of rotatable bonds is 5. The molecule has 21 heavy (non-hydrogen) atoms. The van der Waals surface area contributed by atoms with Crippen LogP contribution >= 0.6 is 15.9 Å². The number of hydrogen-bond acceptors (Lipinski definition) is 3. The van der Waals surface area contributed by atoms with Crippen LogP contribution < -0.4 is 10.6 Å². The van der Waals surface area contributed by atoms with Crippen molar-refractivity contribution in [2.75, 3.05) is 6.54 Å². The number of amides is 2. The first kappa shape index (κ1) is 15.5. The highest BCUT2D eigenvalue weighted by molar-refractivity contribution is 9.10. The zero-order valence-corrected chi connectivity index (χ0v) is 12.8. The number of ketones is 1. The summed E-state index contributed by atoms with van der Waals surface area (Å²) < 4.78 is 0.863. The van der Waals surface area contributed by atoms with E-state index in [0.717, 1.165) is 10.9 Å². The second kappa shape index (κ2) is 6.26. The molecule has 0 radical (unpaired) electrons. The molecule has 2 rings (SSSR count). The SMILES string of the molecule is O=C(O)NC1(C(=O)NCC(=O)c2ccc(Br)cc2)CCC1. The lowest BCUT2D eigenvalue weighted by Crippen LogP contribution is -2.63. The Morgan fingerprint density at radius 2 is 1.81 bits per heavy atom. The molecular formula is C14H15BrN2O4. The third kappa shape index (κ3) is 3.60. The average Bonchev–Trinajstić information content (AvgIpc) is 2.40. The lowest BCUT2D eigenvalue weighted by molar-refractivity contribution is -0.130. The van der Waals surface area contributed by atoms with Crippen molar-refractivity contribution in [2.24, 2.45) is 0 Å². The quantitative estimate of drug-likeness (QED) is 0.704.